The van der Waals surface area contributed by atoms with Crippen molar-refractivity contribution in [3.05, 3.63) is 28.9 Å². The molecule has 1 heterocycles. The van der Waals surface area contributed by atoms with Crippen LogP contribution in [0.25, 0.3) is 0 Å². The van der Waals surface area contributed by atoms with Crippen LogP contribution in [0.4, 0.5) is 5.69 Å². The molecule has 1 aromatic heterocycles. The van der Waals surface area contributed by atoms with Gasteiger partial charge in [0.15, 0.2) is 0 Å². The Hall–Kier alpha value is -2.28. The molecule has 106 valence electrons. The quantitative estimate of drug-likeness (QED) is 0.932. The fraction of sp³-hybridized carbons (Fsp3) is 0.250. The van der Waals surface area contributed by atoms with Crippen LogP contribution in [0.2, 0.25) is 5.02 Å². The topological polar surface area (TPSA) is 86.5 Å². The van der Waals surface area contributed by atoms with Crippen LogP contribution in [-0.4, -0.2) is 30.3 Å². The Labute approximate surface area is 119 Å². The van der Waals surface area contributed by atoms with Gasteiger partial charge in [-0.05, 0) is 0 Å². The van der Waals surface area contributed by atoms with E-state index in [1.54, 1.807) is 13.0 Å². The molecule has 0 bridgehead atoms. The highest BCUT2D eigenvalue weighted by Gasteiger charge is 2.17. The molecule has 0 saturated heterocycles. The third kappa shape index (κ3) is 2.83. The molecule has 20 heavy (non-hydrogen) atoms. The molecule has 0 aliphatic carbocycles. The average Bonchev–Trinajstić information content (AvgIpc) is 2.87. The van der Waals surface area contributed by atoms with Crippen molar-refractivity contribution in [2.75, 3.05) is 19.5 Å². The highest BCUT2D eigenvalue weighted by molar-refractivity contribution is 6.32. The van der Waals surface area contributed by atoms with E-state index in [2.05, 4.69) is 15.5 Å². The smallest absolute Gasteiger partial charge is 0.313 e. The van der Waals surface area contributed by atoms with Gasteiger partial charge in [-0.15, -0.1) is 10.2 Å². The molecule has 0 unspecified atom stereocenters. The van der Waals surface area contributed by atoms with Gasteiger partial charge in [-0.3, -0.25) is 4.79 Å². The number of nitrogens with zero attached hydrogens (tertiary/aromatic N) is 2. The number of rotatable bonds is 4. The third-order valence-electron chi connectivity index (χ3n) is 2.44. The molecule has 1 aromatic carbocycles. The molecule has 0 spiro atoms. The molecule has 0 fully saturated rings. The number of amides is 1. The molecule has 1 amide bonds. The zero-order valence-electron chi connectivity index (χ0n) is 11.1. The van der Waals surface area contributed by atoms with E-state index in [1.165, 1.54) is 20.3 Å². The van der Waals surface area contributed by atoms with Gasteiger partial charge in [0.1, 0.15) is 11.5 Å². The predicted octanol–water partition coefficient (Wildman–Crippen LogP) is 2.30. The minimum absolute atomic E-state index is 0.140. The summed E-state index contributed by atoms with van der Waals surface area (Å²) in [6.07, 6.45) is 0. The van der Waals surface area contributed by atoms with E-state index >= 15 is 0 Å². The molecule has 0 saturated carbocycles. The van der Waals surface area contributed by atoms with Crippen molar-refractivity contribution in [1.82, 2.24) is 10.2 Å². The Morgan fingerprint density at radius 3 is 2.50 bits per heavy atom. The third-order valence-corrected chi connectivity index (χ3v) is 2.74. The van der Waals surface area contributed by atoms with Gasteiger partial charge < -0.3 is 19.2 Å². The average molecular weight is 298 g/mol. The maximum Gasteiger partial charge on any atom is 0.313 e. The Bertz CT molecular complexity index is 642. The standard InChI is InChI=1S/C12H12ClN3O4/c1-6-15-16-12(20-6)11(17)14-8-5-9(18-2)7(13)4-10(8)19-3/h4-5H,1-3H3,(H,14,17). The van der Waals surface area contributed by atoms with E-state index in [4.69, 9.17) is 25.5 Å². The monoisotopic (exact) mass is 297 g/mol. The van der Waals surface area contributed by atoms with E-state index in [-0.39, 0.29) is 5.89 Å². The summed E-state index contributed by atoms with van der Waals surface area (Å²) in [7, 11) is 2.94. The van der Waals surface area contributed by atoms with Gasteiger partial charge in [0.2, 0.25) is 5.89 Å². The minimum Gasteiger partial charge on any atom is -0.495 e. The van der Waals surface area contributed by atoms with Crippen molar-refractivity contribution in [1.29, 1.82) is 0 Å². The number of hydrogen-bond donors (Lipinski definition) is 1. The Morgan fingerprint density at radius 2 is 1.95 bits per heavy atom. The number of carbonyl (C=O) groups is 1. The van der Waals surface area contributed by atoms with Crippen molar-refractivity contribution in [3.8, 4) is 11.5 Å². The molecular formula is C12H12ClN3O4. The summed E-state index contributed by atoms with van der Waals surface area (Å²) in [5.74, 6) is 0.410. The van der Waals surface area contributed by atoms with E-state index < -0.39 is 5.91 Å². The Balaban J connectivity index is 2.30. The molecule has 0 aliphatic rings. The van der Waals surface area contributed by atoms with Gasteiger partial charge in [0.05, 0.1) is 24.9 Å². The van der Waals surface area contributed by atoms with Crippen LogP contribution in [-0.2, 0) is 0 Å². The summed E-state index contributed by atoms with van der Waals surface area (Å²) in [4.78, 5) is 11.9. The number of aromatic nitrogens is 2. The first-order chi connectivity index (χ1) is 9.55. The van der Waals surface area contributed by atoms with Gasteiger partial charge in [-0.1, -0.05) is 11.6 Å². The first-order valence-electron chi connectivity index (χ1n) is 5.58. The van der Waals surface area contributed by atoms with Crippen LogP contribution in [0.5, 0.6) is 11.5 Å². The second kappa shape index (κ2) is 5.79. The number of ether oxygens (including phenoxy) is 2. The molecule has 0 atom stereocenters. The lowest BCUT2D eigenvalue weighted by atomic mass is 10.2. The van der Waals surface area contributed by atoms with Crippen molar-refractivity contribution in [2.45, 2.75) is 6.92 Å². The van der Waals surface area contributed by atoms with Gasteiger partial charge in [-0.2, -0.15) is 0 Å². The summed E-state index contributed by atoms with van der Waals surface area (Å²) in [5.41, 5.74) is 0.384. The van der Waals surface area contributed by atoms with Crippen LogP contribution in [0.15, 0.2) is 16.5 Å². The maximum atomic E-state index is 11.9. The van der Waals surface area contributed by atoms with E-state index in [0.717, 1.165) is 0 Å². The Morgan fingerprint density at radius 1 is 1.25 bits per heavy atom. The number of carbonyl (C=O) groups excluding carboxylic acids is 1. The minimum atomic E-state index is -0.548. The molecule has 0 radical (unpaired) electrons. The van der Waals surface area contributed by atoms with E-state index in [0.29, 0.717) is 28.1 Å². The molecule has 2 rings (SSSR count). The molecule has 0 aliphatic heterocycles. The van der Waals surface area contributed by atoms with Gasteiger partial charge in [-0.25, -0.2) is 0 Å². The molecule has 8 heteroatoms. The van der Waals surface area contributed by atoms with Gasteiger partial charge in [0, 0.05) is 19.1 Å². The van der Waals surface area contributed by atoms with Gasteiger partial charge >= 0.3 is 11.8 Å². The van der Waals surface area contributed by atoms with Crippen LogP contribution in [0.3, 0.4) is 0 Å². The summed E-state index contributed by atoms with van der Waals surface area (Å²) in [5, 5.41) is 10.2. The first-order valence-corrected chi connectivity index (χ1v) is 5.96. The van der Waals surface area contributed by atoms with Crippen molar-refractivity contribution < 1.29 is 18.7 Å². The second-order valence-electron chi connectivity index (χ2n) is 3.77. The summed E-state index contributed by atoms with van der Waals surface area (Å²) in [6, 6.07) is 3.08. The van der Waals surface area contributed by atoms with Crippen LogP contribution >= 0.6 is 11.6 Å². The zero-order chi connectivity index (χ0) is 14.7. The number of nitrogens with one attached hydrogen (secondary N) is 1. The Kier molecular flexibility index (Phi) is 4.09. The van der Waals surface area contributed by atoms with Crippen LogP contribution < -0.4 is 14.8 Å². The maximum absolute atomic E-state index is 11.9. The van der Waals surface area contributed by atoms with E-state index in [9.17, 15) is 4.79 Å². The summed E-state index contributed by atoms with van der Waals surface area (Å²) < 4.78 is 15.3. The highest BCUT2D eigenvalue weighted by atomic mass is 35.5. The number of hydrogen-bond acceptors (Lipinski definition) is 6. The lowest BCUT2D eigenvalue weighted by Crippen LogP contribution is -2.13. The number of benzene rings is 1. The highest BCUT2D eigenvalue weighted by Crippen LogP contribution is 2.35. The zero-order valence-corrected chi connectivity index (χ0v) is 11.8. The molecule has 1 N–H and O–H groups in total. The number of anilines is 1. The van der Waals surface area contributed by atoms with E-state index in [1.807, 2.05) is 0 Å². The molecule has 7 nitrogen and oxygen atoms in total. The SMILES string of the molecule is COc1cc(NC(=O)c2nnc(C)o2)c(OC)cc1Cl. The fourth-order valence-electron chi connectivity index (χ4n) is 1.52. The lowest BCUT2D eigenvalue weighted by molar-refractivity contribution is 0.0988. The predicted molar refractivity (Wildman–Crippen MR) is 71.5 cm³/mol. The fourth-order valence-corrected chi connectivity index (χ4v) is 1.75. The number of methoxy groups -OCH3 is 2. The molecular weight excluding hydrogens is 286 g/mol. The molecule has 2 aromatic rings. The number of halogens is 1. The first kappa shape index (κ1) is 14.1. The van der Waals surface area contributed by atoms with Crippen molar-refractivity contribution in [3.63, 3.8) is 0 Å². The lowest BCUT2D eigenvalue weighted by Gasteiger charge is -2.12. The van der Waals surface area contributed by atoms with Gasteiger partial charge in [0.25, 0.3) is 0 Å². The van der Waals surface area contributed by atoms with Crippen molar-refractivity contribution in [2.24, 2.45) is 0 Å². The second-order valence-corrected chi connectivity index (χ2v) is 4.17. The summed E-state index contributed by atoms with van der Waals surface area (Å²) in [6.45, 7) is 1.59. The largest absolute Gasteiger partial charge is 0.495 e. The summed E-state index contributed by atoms with van der Waals surface area (Å²) >= 11 is 5.98. The normalized spacial score (nSPS) is 10.2. The van der Waals surface area contributed by atoms with Crippen LogP contribution in [0.1, 0.15) is 16.6 Å². The van der Waals surface area contributed by atoms with Crippen molar-refractivity contribution >= 4 is 23.2 Å². The van der Waals surface area contributed by atoms with Crippen LogP contribution in [0, 0.1) is 6.92 Å². The number of aryl methyl sites for hydroxylation is 1.